The maximum Gasteiger partial charge on any atom is 0.410 e. The first-order valence-corrected chi connectivity index (χ1v) is 36.7. The number of likely N-dealkylation sites (tertiary alicyclic amines) is 2. The normalized spacial score (nSPS) is 43.2. The fourth-order valence-corrected chi connectivity index (χ4v) is 23.5. The molecule has 12 aliphatic rings. The number of benzene rings is 2. The van der Waals surface area contributed by atoms with Crippen LogP contribution in [0.1, 0.15) is 195 Å². The topological polar surface area (TPSA) is 172 Å². The second-order valence-electron chi connectivity index (χ2n) is 31.8. The quantitative estimate of drug-likeness (QED) is 0.123. The molecule has 8 aliphatic carbocycles. The van der Waals surface area contributed by atoms with Gasteiger partial charge in [-0.1, -0.05) is 130 Å². The highest BCUT2D eigenvalue weighted by atomic mass is 32.2. The number of azide groups is 1. The van der Waals surface area contributed by atoms with Gasteiger partial charge in [-0.3, -0.25) is 0 Å². The zero-order valence-corrected chi connectivity index (χ0v) is 55.4. The van der Waals surface area contributed by atoms with Crippen LogP contribution >= 0.6 is 0 Å². The van der Waals surface area contributed by atoms with Gasteiger partial charge in [0, 0.05) is 41.9 Å². The summed E-state index contributed by atoms with van der Waals surface area (Å²) in [7, 11) is -3.18. The van der Waals surface area contributed by atoms with Gasteiger partial charge in [-0.25, -0.2) is 22.7 Å². The SMILES string of the molecule is CC1=C2C[C@H]3[C@@H](CC[C@@H]4CC(N=[N+]=[N-])CC[C@@]43C)[C@@H]2CC[C@@]2(C1)O[C@@H]1C[C@H](C)CN(C(=O)OCc3ccccc3)[C@H]1[C@H]2C.CC1=C2C[C@H]3[C@@H](CC[C@@H]4C[C@H](NS(C)(=O)=O)CC[C@@]43C)[C@@H]2CC[C@@]2(C1)O[C@@H]1C[C@H](C)CN(C(=O)OCc3ccccc3)[C@H]1[C@H]2C. The number of nitrogens with zero attached hydrogens (tertiary/aromatic N) is 5. The summed E-state index contributed by atoms with van der Waals surface area (Å²) >= 11 is 0. The third-order valence-electron chi connectivity index (χ3n) is 27.0. The van der Waals surface area contributed by atoms with Crippen molar-refractivity contribution < 1.29 is 37.0 Å². The van der Waals surface area contributed by atoms with Crippen LogP contribution in [0.25, 0.3) is 10.4 Å². The smallest absolute Gasteiger partial charge is 0.410 e. The molecule has 0 radical (unpaired) electrons. The molecule has 22 atom stereocenters. The average Bonchev–Trinajstić information content (AvgIpc) is 1.66. The number of hydrogen-bond donors (Lipinski definition) is 1. The Balaban J connectivity index is 0.000000162. The van der Waals surface area contributed by atoms with Gasteiger partial charge in [0.25, 0.3) is 0 Å². The highest BCUT2D eigenvalue weighted by molar-refractivity contribution is 7.88. The van der Waals surface area contributed by atoms with E-state index in [1.165, 1.54) is 69.6 Å². The lowest BCUT2D eigenvalue weighted by atomic mass is 9.52. The lowest BCUT2D eigenvalue weighted by Crippen LogP contribution is -2.54. The number of carbonyl (C=O) groups excluding carboxylic acids is 2. The largest absolute Gasteiger partial charge is 0.445 e. The van der Waals surface area contributed by atoms with Crippen LogP contribution in [0.15, 0.2) is 88.1 Å². The van der Waals surface area contributed by atoms with Crippen LogP contribution in [0, 0.1) is 81.8 Å². The molecule has 480 valence electrons. The number of fused-ring (bicyclic) bond motifs is 12. The molecule has 15 heteroatoms. The van der Waals surface area contributed by atoms with Crippen molar-refractivity contribution in [2.75, 3.05) is 19.3 Å². The van der Waals surface area contributed by atoms with E-state index in [0.29, 0.717) is 71.4 Å². The fraction of sp³-hybridized carbons (Fsp3) is 0.753. The van der Waals surface area contributed by atoms with Gasteiger partial charge in [-0.15, -0.1) is 0 Å². The second-order valence-corrected chi connectivity index (χ2v) is 33.6. The predicted octanol–water partition coefficient (Wildman–Crippen LogP) is 15.9. The lowest BCUT2D eigenvalue weighted by molar-refractivity contribution is -0.0803. The van der Waals surface area contributed by atoms with Crippen molar-refractivity contribution in [3.05, 3.63) is 105 Å². The molecule has 14 rings (SSSR count). The zero-order chi connectivity index (χ0) is 61.7. The fourth-order valence-electron chi connectivity index (χ4n) is 22.7. The zero-order valence-electron chi connectivity index (χ0n) is 54.5. The Morgan fingerprint density at radius 2 is 1.09 bits per heavy atom. The number of hydrogen-bond acceptors (Lipinski definition) is 9. The molecule has 0 bridgehead atoms. The molecule has 4 saturated heterocycles. The number of rotatable bonds is 7. The summed E-state index contributed by atoms with van der Waals surface area (Å²) < 4.78 is 53.0. The maximum absolute atomic E-state index is 13.6. The van der Waals surface area contributed by atoms with Crippen molar-refractivity contribution in [3.8, 4) is 0 Å². The van der Waals surface area contributed by atoms with Crippen LogP contribution < -0.4 is 4.72 Å². The minimum Gasteiger partial charge on any atom is -0.445 e. The van der Waals surface area contributed by atoms with Gasteiger partial charge in [0.15, 0.2) is 0 Å². The Labute approximate surface area is 526 Å². The molecule has 1 unspecified atom stereocenters. The third-order valence-corrected chi connectivity index (χ3v) is 27.7. The van der Waals surface area contributed by atoms with Crippen molar-refractivity contribution in [1.29, 1.82) is 0 Å². The van der Waals surface area contributed by atoms with E-state index in [9.17, 15) is 18.0 Å². The van der Waals surface area contributed by atoms with Gasteiger partial charge in [-0.2, -0.15) is 0 Å². The first kappa shape index (κ1) is 62.4. The summed E-state index contributed by atoms with van der Waals surface area (Å²) in [5, 5.41) is 4.14. The Morgan fingerprint density at radius 3 is 1.55 bits per heavy atom. The first-order chi connectivity index (χ1) is 42.1. The molecule has 14 nitrogen and oxygen atoms in total. The second kappa shape index (κ2) is 24.2. The number of piperidine rings is 2. The molecular weight excluding hydrogens is 1120 g/mol. The van der Waals surface area contributed by atoms with Crippen LogP contribution in [0.4, 0.5) is 9.59 Å². The maximum atomic E-state index is 13.6. The van der Waals surface area contributed by atoms with Gasteiger partial charge >= 0.3 is 12.2 Å². The summed E-state index contributed by atoms with van der Waals surface area (Å²) in [4.78, 5) is 34.3. The Kier molecular flexibility index (Phi) is 17.2. The Bertz CT molecular complexity index is 3150. The molecule has 4 aliphatic heterocycles. The van der Waals surface area contributed by atoms with E-state index < -0.39 is 10.0 Å². The first-order valence-electron chi connectivity index (χ1n) is 34.8. The van der Waals surface area contributed by atoms with Crippen molar-refractivity contribution in [1.82, 2.24) is 14.5 Å². The number of allylic oxidation sites excluding steroid dienone is 2. The molecular formula is C73H104N6O8S. The van der Waals surface area contributed by atoms with Gasteiger partial charge in [0.05, 0.1) is 41.7 Å². The van der Waals surface area contributed by atoms with Crippen LogP contribution in [0.5, 0.6) is 0 Å². The lowest BCUT2D eigenvalue weighted by Gasteiger charge is -2.54. The number of amides is 2. The van der Waals surface area contributed by atoms with Crippen molar-refractivity contribution in [2.45, 2.75) is 245 Å². The standard InChI is InChI=1S/C37H54N2O5S.C36H50N4O3/c1-23-17-33-34(39(21-23)35(40)43-22-26-9-7-6-8-10-26)25(3)37(44-33)16-14-29-30-12-11-27-18-28(38-45(5,41)42)13-15-36(27,4)32(30)19-31(29)24(2)20-37;1-22-16-32-33(40(20-22)34(41)42-21-25-8-6-5-7-9-25)24(3)36(43-32)15-13-28-29-11-10-26-17-27(38-39-37)12-14-35(26,4)31(29)18-30(28)23(2)19-36/h6-10,23,25,27-30,32-34,38H,11-22H2,1-5H3;5-9,22,24,26-29,31-33H,10-21H2,1-4H3/t23-,25+,27+,28+,29-,30-,32-,33+,34-,36-,37-;22-,24+,26+,27?,28-,29-,31-,32+,33-,35-,36-/m00/s1. The summed E-state index contributed by atoms with van der Waals surface area (Å²) in [6.07, 6.45) is 23.4. The summed E-state index contributed by atoms with van der Waals surface area (Å²) in [5.41, 5.74) is 17.8. The molecule has 2 aromatic rings. The molecule has 4 heterocycles. The van der Waals surface area contributed by atoms with Crippen LogP contribution in [-0.2, 0) is 42.2 Å². The molecule has 0 aromatic heterocycles. The van der Waals surface area contributed by atoms with Crippen LogP contribution in [-0.4, -0.2) is 97.3 Å². The Hall–Kier alpha value is -4.40. The van der Waals surface area contributed by atoms with Gasteiger partial charge in [0.2, 0.25) is 10.0 Å². The molecule has 2 amide bonds. The highest BCUT2D eigenvalue weighted by Crippen LogP contribution is 2.68. The molecule has 2 aromatic carbocycles. The number of sulfonamides is 1. The summed E-state index contributed by atoms with van der Waals surface area (Å²) in [5.74, 6) is 6.78. The number of carbonyl (C=O) groups is 2. The van der Waals surface area contributed by atoms with E-state index in [2.05, 4.69) is 70.1 Å². The third kappa shape index (κ3) is 11.4. The molecule has 6 saturated carbocycles. The molecule has 10 fully saturated rings. The van der Waals surface area contributed by atoms with E-state index in [1.54, 1.807) is 16.7 Å². The minimum atomic E-state index is -3.18. The Morgan fingerprint density at radius 1 is 0.636 bits per heavy atom. The monoisotopic (exact) mass is 1220 g/mol. The van der Waals surface area contributed by atoms with Crippen molar-refractivity contribution in [2.24, 2.45) is 87.0 Å². The van der Waals surface area contributed by atoms with Gasteiger partial charge < -0.3 is 28.7 Å². The number of ether oxygens (including phenoxy) is 4. The van der Waals surface area contributed by atoms with Gasteiger partial charge in [-0.05, 0) is 229 Å². The number of nitrogens with one attached hydrogen (secondary N) is 1. The van der Waals surface area contributed by atoms with E-state index in [0.717, 1.165) is 107 Å². The molecule has 88 heavy (non-hydrogen) atoms. The van der Waals surface area contributed by atoms with E-state index in [4.69, 9.17) is 24.5 Å². The highest BCUT2D eigenvalue weighted by Gasteiger charge is 2.63. The molecule has 2 spiro atoms. The van der Waals surface area contributed by atoms with Crippen molar-refractivity contribution >= 4 is 22.2 Å². The molecule has 1 N–H and O–H groups in total. The van der Waals surface area contributed by atoms with E-state index in [1.807, 2.05) is 70.5 Å². The van der Waals surface area contributed by atoms with E-state index in [-0.39, 0.29) is 71.6 Å². The van der Waals surface area contributed by atoms with Crippen LogP contribution in [0.2, 0.25) is 0 Å². The summed E-state index contributed by atoms with van der Waals surface area (Å²) in [6.45, 7) is 21.1. The van der Waals surface area contributed by atoms with E-state index >= 15 is 0 Å². The van der Waals surface area contributed by atoms with Crippen molar-refractivity contribution in [3.63, 3.8) is 0 Å². The summed E-state index contributed by atoms with van der Waals surface area (Å²) in [6, 6.07) is 20.3. The predicted molar refractivity (Wildman–Crippen MR) is 343 cm³/mol. The average molecular weight is 1230 g/mol. The minimum absolute atomic E-state index is 0.0537. The van der Waals surface area contributed by atoms with Gasteiger partial charge in [0.1, 0.15) is 13.2 Å². The van der Waals surface area contributed by atoms with Crippen LogP contribution in [0.3, 0.4) is 0 Å².